The number of hydrogen-bond donors (Lipinski definition) is 1. The van der Waals surface area contributed by atoms with E-state index in [1.807, 2.05) is 35.0 Å². The minimum Gasteiger partial charge on any atom is -0.395 e. The topological polar surface area (TPSA) is 58.4 Å². The minimum atomic E-state index is -0.00117. The number of aromatic nitrogens is 2. The summed E-state index contributed by atoms with van der Waals surface area (Å²) in [5.41, 5.74) is 1.63. The summed E-state index contributed by atoms with van der Waals surface area (Å²) >= 11 is 0. The van der Waals surface area contributed by atoms with E-state index in [0.29, 0.717) is 18.2 Å². The van der Waals surface area contributed by atoms with Crippen LogP contribution in [0.5, 0.6) is 0 Å². The molecule has 1 N–H and O–H groups in total. The lowest BCUT2D eigenvalue weighted by Gasteiger charge is -2.21. The first-order valence-electron chi connectivity index (χ1n) is 6.80. The maximum atomic E-state index is 12.4. The van der Waals surface area contributed by atoms with Gasteiger partial charge in [-0.2, -0.15) is 0 Å². The standard InChI is InChI=1S/C15H17N3O2/c19-10-9-18(14-5-6-14)15(20)12-1-3-13(4-2-12)17-8-7-16-11-17/h1-4,7-8,11,14,19H,5-6,9-10H2. The van der Waals surface area contributed by atoms with Crippen molar-refractivity contribution < 1.29 is 9.90 Å². The van der Waals surface area contributed by atoms with Gasteiger partial charge in [-0.25, -0.2) is 4.98 Å². The SMILES string of the molecule is O=C(c1ccc(-n2ccnc2)cc1)N(CCO)C1CC1. The fourth-order valence-corrected chi connectivity index (χ4v) is 2.30. The highest BCUT2D eigenvalue weighted by Gasteiger charge is 2.32. The third-order valence-electron chi connectivity index (χ3n) is 3.51. The Bertz CT molecular complexity index is 574. The van der Waals surface area contributed by atoms with Crippen LogP contribution in [-0.4, -0.2) is 44.7 Å². The minimum absolute atomic E-state index is 0.00117. The average molecular weight is 271 g/mol. The van der Waals surface area contributed by atoms with Gasteiger partial charge in [-0.1, -0.05) is 0 Å². The number of carbonyl (C=O) groups is 1. The number of amides is 1. The molecule has 0 spiro atoms. The van der Waals surface area contributed by atoms with Gasteiger partial charge in [-0.05, 0) is 37.1 Å². The van der Waals surface area contributed by atoms with Crippen molar-refractivity contribution in [3.05, 3.63) is 48.5 Å². The molecule has 1 amide bonds. The van der Waals surface area contributed by atoms with Gasteiger partial charge in [-0.15, -0.1) is 0 Å². The van der Waals surface area contributed by atoms with Crippen LogP contribution in [0.15, 0.2) is 43.0 Å². The fourth-order valence-electron chi connectivity index (χ4n) is 2.30. The molecular weight excluding hydrogens is 254 g/mol. The van der Waals surface area contributed by atoms with Crippen LogP contribution in [0, 0.1) is 0 Å². The quantitative estimate of drug-likeness (QED) is 0.896. The molecule has 1 saturated carbocycles. The number of aliphatic hydroxyl groups excluding tert-OH is 1. The molecule has 1 heterocycles. The molecule has 0 radical (unpaired) electrons. The van der Waals surface area contributed by atoms with Gasteiger partial charge >= 0.3 is 0 Å². The first-order valence-corrected chi connectivity index (χ1v) is 6.80. The van der Waals surface area contributed by atoms with Crippen molar-refractivity contribution >= 4 is 5.91 Å². The Hall–Kier alpha value is -2.14. The van der Waals surface area contributed by atoms with Crippen LogP contribution in [0.1, 0.15) is 23.2 Å². The Morgan fingerprint density at radius 2 is 2.10 bits per heavy atom. The van der Waals surface area contributed by atoms with Crippen molar-refractivity contribution in [1.29, 1.82) is 0 Å². The Balaban J connectivity index is 1.78. The van der Waals surface area contributed by atoms with Crippen molar-refractivity contribution in [3.8, 4) is 5.69 Å². The van der Waals surface area contributed by atoms with Gasteiger partial charge in [0.2, 0.25) is 0 Å². The van der Waals surface area contributed by atoms with Gasteiger partial charge in [0.1, 0.15) is 0 Å². The molecule has 5 nitrogen and oxygen atoms in total. The normalized spacial score (nSPS) is 14.2. The summed E-state index contributed by atoms with van der Waals surface area (Å²) in [6, 6.07) is 7.76. The summed E-state index contributed by atoms with van der Waals surface area (Å²) in [5.74, 6) is -0.00117. The molecule has 1 aliphatic carbocycles. The Morgan fingerprint density at radius 1 is 1.35 bits per heavy atom. The van der Waals surface area contributed by atoms with Gasteiger partial charge in [0.25, 0.3) is 5.91 Å². The Kier molecular flexibility index (Phi) is 3.52. The fraction of sp³-hybridized carbons (Fsp3) is 0.333. The molecule has 1 fully saturated rings. The Labute approximate surface area is 117 Å². The van der Waals surface area contributed by atoms with Crippen LogP contribution in [0.25, 0.3) is 5.69 Å². The zero-order valence-electron chi connectivity index (χ0n) is 11.1. The van der Waals surface area contributed by atoms with E-state index in [9.17, 15) is 4.79 Å². The highest BCUT2D eigenvalue weighted by molar-refractivity contribution is 5.94. The number of benzene rings is 1. The van der Waals surface area contributed by atoms with Crippen molar-refractivity contribution in [1.82, 2.24) is 14.5 Å². The second kappa shape index (κ2) is 5.46. The van der Waals surface area contributed by atoms with Gasteiger partial charge in [0.05, 0.1) is 12.9 Å². The van der Waals surface area contributed by atoms with Crippen LogP contribution < -0.4 is 0 Å². The molecule has 104 valence electrons. The van der Waals surface area contributed by atoms with Crippen molar-refractivity contribution in [2.75, 3.05) is 13.2 Å². The van der Waals surface area contributed by atoms with E-state index in [4.69, 9.17) is 5.11 Å². The molecule has 0 saturated heterocycles. The Morgan fingerprint density at radius 3 is 2.65 bits per heavy atom. The molecule has 20 heavy (non-hydrogen) atoms. The van der Waals surface area contributed by atoms with E-state index in [-0.39, 0.29) is 12.5 Å². The summed E-state index contributed by atoms with van der Waals surface area (Å²) in [6.45, 7) is 0.419. The highest BCUT2D eigenvalue weighted by Crippen LogP contribution is 2.28. The maximum Gasteiger partial charge on any atom is 0.254 e. The van der Waals surface area contributed by atoms with E-state index in [1.54, 1.807) is 17.4 Å². The molecule has 1 aromatic carbocycles. The third-order valence-corrected chi connectivity index (χ3v) is 3.51. The number of carbonyl (C=O) groups excluding carboxylic acids is 1. The lowest BCUT2D eigenvalue weighted by molar-refractivity contribution is 0.0707. The van der Waals surface area contributed by atoms with E-state index >= 15 is 0 Å². The summed E-state index contributed by atoms with van der Waals surface area (Å²) in [4.78, 5) is 18.2. The number of nitrogens with zero attached hydrogens (tertiary/aromatic N) is 3. The van der Waals surface area contributed by atoms with E-state index in [0.717, 1.165) is 18.5 Å². The number of rotatable bonds is 5. The van der Waals surface area contributed by atoms with E-state index in [2.05, 4.69) is 4.98 Å². The van der Waals surface area contributed by atoms with Crippen LogP contribution in [-0.2, 0) is 0 Å². The summed E-state index contributed by atoms with van der Waals surface area (Å²) in [5, 5.41) is 9.07. The zero-order valence-corrected chi connectivity index (χ0v) is 11.1. The summed E-state index contributed by atoms with van der Waals surface area (Å²) in [7, 11) is 0. The molecule has 0 atom stereocenters. The van der Waals surface area contributed by atoms with Crippen molar-refractivity contribution in [2.45, 2.75) is 18.9 Å². The largest absolute Gasteiger partial charge is 0.395 e. The molecule has 0 unspecified atom stereocenters. The van der Waals surface area contributed by atoms with Crippen LogP contribution >= 0.6 is 0 Å². The molecule has 1 aromatic heterocycles. The van der Waals surface area contributed by atoms with Crippen LogP contribution in [0.3, 0.4) is 0 Å². The monoisotopic (exact) mass is 271 g/mol. The first kappa shape index (κ1) is 12.9. The summed E-state index contributed by atoms with van der Waals surface area (Å²) in [6.07, 6.45) is 7.38. The van der Waals surface area contributed by atoms with E-state index < -0.39 is 0 Å². The van der Waals surface area contributed by atoms with Gasteiger partial charge in [0, 0.05) is 36.2 Å². The number of hydrogen-bond acceptors (Lipinski definition) is 3. The highest BCUT2D eigenvalue weighted by atomic mass is 16.3. The van der Waals surface area contributed by atoms with Gasteiger partial charge < -0.3 is 14.6 Å². The summed E-state index contributed by atoms with van der Waals surface area (Å²) < 4.78 is 1.89. The number of imidazole rings is 1. The van der Waals surface area contributed by atoms with Crippen molar-refractivity contribution in [3.63, 3.8) is 0 Å². The third kappa shape index (κ3) is 2.58. The number of aliphatic hydroxyl groups is 1. The molecule has 0 aliphatic heterocycles. The first-order chi connectivity index (χ1) is 9.79. The molecule has 1 aliphatic rings. The lowest BCUT2D eigenvalue weighted by atomic mass is 10.1. The zero-order chi connectivity index (χ0) is 13.9. The van der Waals surface area contributed by atoms with Gasteiger partial charge in [0.15, 0.2) is 0 Å². The molecule has 3 rings (SSSR count). The predicted molar refractivity (Wildman–Crippen MR) is 74.7 cm³/mol. The average Bonchev–Trinajstić information content (AvgIpc) is 3.17. The van der Waals surface area contributed by atoms with E-state index in [1.165, 1.54) is 0 Å². The van der Waals surface area contributed by atoms with Crippen LogP contribution in [0.4, 0.5) is 0 Å². The van der Waals surface area contributed by atoms with Gasteiger partial charge in [-0.3, -0.25) is 4.79 Å². The smallest absolute Gasteiger partial charge is 0.254 e. The molecular formula is C15H17N3O2. The van der Waals surface area contributed by atoms with Crippen LogP contribution in [0.2, 0.25) is 0 Å². The lowest BCUT2D eigenvalue weighted by Crippen LogP contribution is -2.35. The second-order valence-corrected chi connectivity index (χ2v) is 4.97. The molecule has 2 aromatic rings. The predicted octanol–water partition coefficient (Wildman–Crippen LogP) is 1.47. The maximum absolute atomic E-state index is 12.4. The van der Waals surface area contributed by atoms with Crippen molar-refractivity contribution in [2.24, 2.45) is 0 Å². The second-order valence-electron chi connectivity index (χ2n) is 4.97. The molecule has 0 bridgehead atoms. The molecule has 5 heteroatoms.